The lowest BCUT2D eigenvalue weighted by atomic mass is 9.92. The van der Waals surface area contributed by atoms with Crippen LogP contribution in [0.5, 0.6) is 0 Å². The molecule has 0 radical (unpaired) electrons. The van der Waals surface area contributed by atoms with E-state index in [0.29, 0.717) is 11.3 Å². The van der Waals surface area contributed by atoms with Crippen LogP contribution in [0.4, 0.5) is 15.3 Å². The standard InChI is InChI=1S/C18H23N3O4/c1-17(2,3)25-15(22)20-13-5-6-14(18(11-19)7-8-18)12(9-13)10-21(4)16(23)24/h5-6,9H,7-8,10H2,1-4H3,(H,20,22)(H,23,24). The molecule has 0 bridgehead atoms. The molecule has 1 aromatic carbocycles. The molecule has 0 aliphatic heterocycles. The van der Waals surface area contributed by atoms with Gasteiger partial charge in [-0.1, -0.05) is 6.07 Å². The Balaban J connectivity index is 2.28. The lowest BCUT2D eigenvalue weighted by Crippen LogP contribution is -2.28. The van der Waals surface area contributed by atoms with E-state index < -0.39 is 23.2 Å². The fourth-order valence-electron chi connectivity index (χ4n) is 2.58. The number of nitrogens with zero attached hydrogens (tertiary/aromatic N) is 2. The number of hydrogen-bond donors (Lipinski definition) is 2. The Labute approximate surface area is 147 Å². The van der Waals surface area contributed by atoms with Crippen LogP contribution in [0.15, 0.2) is 18.2 Å². The summed E-state index contributed by atoms with van der Waals surface area (Å²) in [4.78, 5) is 24.2. The van der Waals surface area contributed by atoms with E-state index in [0.717, 1.165) is 23.3 Å². The molecule has 2 amide bonds. The zero-order valence-electron chi connectivity index (χ0n) is 14.9. The molecule has 134 valence electrons. The van der Waals surface area contributed by atoms with Gasteiger partial charge >= 0.3 is 12.2 Å². The van der Waals surface area contributed by atoms with Crippen molar-refractivity contribution in [3.63, 3.8) is 0 Å². The summed E-state index contributed by atoms with van der Waals surface area (Å²) >= 11 is 0. The maximum absolute atomic E-state index is 11.9. The van der Waals surface area contributed by atoms with E-state index in [2.05, 4.69) is 11.4 Å². The van der Waals surface area contributed by atoms with Crippen molar-refractivity contribution in [3.05, 3.63) is 29.3 Å². The Morgan fingerprint density at radius 2 is 2.04 bits per heavy atom. The molecule has 0 saturated heterocycles. The van der Waals surface area contributed by atoms with Crippen molar-refractivity contribution in [1.29, 1.82) is 5.26 Å². The lowest BCUT2D eigenvalue weighted by molar-refractivity contribution is 0.0636. The number of ether oxygens (including phenoxy) is 1. The first kappa shape index (κ1) is 18.6. The van der Waals surface area contributed by atoms with Crippen molar-refractivity contribution in [2.24, 2.45) is 0 Å². The van der Waals surface area contributed by atoms with Gasteiger partial charge in [-0.15, -0.1) is 0 Å². The van der Waals surface area contributed by atoms with Crippen LogP contribution in [-0.4, -0.2) is 34.8 Å². The number of nitrogens with one attached hydrogen (secondary N) is 1. The minimum atomic E-state index is -1.06. The van der Waals surface area contributed by atoms with Gasteiger partial charge in [-0.05, 0) is 56.9 Å². The van der Waals surface area contributed by atoms with E-state index in [-0.39, 0.29) is 6.54 Å². The molecule has 0 heterocycles. The normalized spacial score (nSPS) is 15.0. The smallest absolute Gasteiger partial charge is 0.412 e. The van der Waals surface area contributed by atoms with Crippen molar-refractivity contribution in [3.8, 4) is 6.07 Å². The highest BCUT2D eigenvalue weighted by Gasteiger charge is 2.46. The Morgan fingerprint density at radius 3 is 2.52 bits per heavy atom. The molecule has 2 rings (SSSR count). The van der Waals surface area contributed by atoms with Crippen LogP contribution in [0.2, 0.25) is 0 Å². The second-order valence-corrected chi connectivity index (χ2v) is 7.33. The number of benzene rings is 1. The van der Waals surface area contributed by atoms with Gasteiger partial charge in [0, 0.05) is 19.3 Å². The minimum Gasteiger partial charge on any atom is -0.465 e. The number of nitriles is 1. The quantitative estimate of drug-likeness (QED) is 0.866. The van der Waals surface area contributed by atoms with Gasteiger partial charge < -0.3 is 14.7 Å². The molecule has 7 nitrogen and oxygen atoms in total. The van der Waals surface area contributed by atoms with E-state index in [1.165, 1.54) is 7.05 Å². The van der Waals surface area contributed by atoms with Crippen LogP contribution in [0.25, 0.3) is 0 Å². The summed E-state index contributed by atoms with van der Waals surface area (Å²) in [7, 11) is 1.46. The number of hydrogen-bond acceptors (Lipinski definition) is 4. The highest BCUT2D eigenvalue weighted by Crippen LogP contribution is 2.49. The molecule has 0 atom stereocenters. The van der Waals surface area contributed by atoms with E-state index in [1.807, 2.05) is 0 Å². The summed E-state index contributed by atoms with van der Waals surface area (Å²) in [6.45, 7) is 5.45. The van der Waals surface area contributed by atoms with Crippen LogP contribution in [0.1, 0.15) is 44.7 Å². The largest absolute Gasteiger partial charge is 0.465 e. The average Bonchev–Trinajstić information content (AvgIpc) is 3.26. The topological polar surface area (TPSA) is 103 Å². The van der Waals surface area contributed by atoms with Crippen LogP contribution in [-0.2, 0) is 16.7 Å². The van der Waals surface area contributed by atoms with Crippen molar-refractivity contribution in [2.75, 3.05) is 12.4 Å². The molecular formula is C18H23N3O4. The highest BCUT2D eigenvalue weighted by molar-refractivity contribution is 5.85. The first-order valence-corrected chi connectivity index (χ1v) is 8.05. The second kappa shape index (κ2) is 6.63. The highest BCUT2D eigenvalue weighted by atomic mass is 16.6. The maximum atomic E-state index is 11.9. The zero-order chi connectivity index (χ0) is 18.8. The molecular weight excluding hydrogens is 322 g/mol. The van der Waals surface area contributed by atoms with Crippen LogP contribution in [0, 0.1) is 11.3 Å². The number of carbonyl (C=O) groups is 2. The SMILES string of the molecule is CN(Cc1cc(NC(=O)OC(C)(C)C)ccc1C1(C#N)CC1)C(=O)O. The number of carbonyl (C=O) groups excluding carboxylic acids is 1. The maximum Gasteiger partial charge on any atom is 0.412 e. The molecule has 1 fully saturated rings. The predicted molar refractivity (Wildman–Crippen MR) is 92.3 cm³/mol. The van der Waals surface area contributed by atoms with Gasteiger partial charge in [0.15, 0.2) is 0 Å². The second-order valence-electron chi connectivity index (χ2n) is 7.33. The Hall–Kier alpha value is -2.75. The number of carboxylic acid groups (broad SMARTS) is 1. The van der Waals surface area contributed by atoms with Crippen molar-refractivity contribution >= 4 is 17.9 Å². The monoisotopic (exact) mass is 345 g/mol. The molecule has 1 saturated carbocycles. The Kier molecular flexibility index (Phi) is 4.93. The fourth-order valence-corrected chi connectivity index (χ4v) is 2.58. The third-order valence-electron chi connectivity index (χ3n) is 3.96. The Bertz CT molecular complexity index is 727. The van der Waals surface area contributed by atoms with E-state index in [4.69, 9.17) is 9.84 Å². The minimum absolute atomic E-state index is 0.137. The summed E-state index contributed by atoms with van der Waals surface area (Å²) in [5.74, 6) is 0. The van der Waals surface area contributed by atoms with Crippen LogP contribution in [0.3, 0.4) is 0 Å². The predicted octanol–water partition coefficient (Wildman–Crippen LogP) is 3.70. The first-order valence-electron chi connectivity index (χ1n) is 8.05. The summed E-state index contributed by atoms with van der Waals surface area (Å²) < 4.78 is 5.22. The van der Waals surface area contributed by atoms with E-state index >= 15 is 0 Å². The van der Waals surface area contributed by atoms with E-state index in [1.54, 1.807) is 39.0 Å². The number of amides is 2. The van der Waals surface area contributed by atoms with Crippen LogP contribution < -0.4 is 5.32 Å². The first-order chi connectivity index (χ1) is 11.6. The summed E-state index contributed by atoms with van der Waals surface area (Å²) in [6, 6.07) is 7.52. The van der Waals surface area contributed by atoms with Gasteiger partial charge in [0.2, 0.25) is 0 Å². The van der Waals surface area contributed by atoms with Gasteiger partial charge in [0.05, 0.1) is 11.5 Å². The number of anilines is 1. The summed E-state index contributed by atoms with van der Waals surface area (Å²) in [5, 5.41) is 21.2. The zero-order valence-corrected chi connectivity index (χ0v) is 14.9. The van der Waals surface area contributed by atoms with Crippen molar-refractivity contribution in [2.45, 2.75) is 51.2 Å². The van der Waals surface area contributed by atoms with Gasteiger partial charge in [0.25, 0.3) is 0 Å². The molecule has 0 unspecified atom stereocenters. The third-order valence-corrected chi connectivity index (χ3v) is 3.96. The molecule has 1 aliphatic carbocycles. The molecule has 0 aromatic heterocycles. The van der Waals surface area contributed by atoms with Gasteiger partial charge in [-0.25, -0.2) is 9.59 Å². The fraction of sp³-hybridized carbons (Fsp3) is 0.500. The Morgan fingerprint density at radius 1 is 1.40 bits per heavy atom. The molecule has 1 aliphatic rings. The van der Waals surface area contributed by atoms with Gasteiger partial charge in [0.1, 0.15) is 5.60 Å². The van der Waals surface area contributed by atoms with E-state index in [9.17, 15) is 14.9 Å². The number of rotatable bonds is 4. The van der Waals surface area contributed by atoms with Gasteiger partial charge in [-0.3, -0.25) is 5.32 Å². The lowest BCUT2D eigenvalue weighted by Gasteiger charge is -2.21. The molecule has 7 heteroatoms. The van der Waals surface area contributed by atoms with Gasteiger partial charge in [-0.2, -0.15) is 5.26 Å². The average molecular weight is 345 g/mol. The molecule has 2 N–H and O–H groups in total. The molecule has 1 aromatic rings. The summed E-state index contributed by atoms with van der Waals surface area (Å²) in [5.41, 5.74) is 0.866. The molecule has 0 spiro atoms. The summed E-state index contributed by atoms with van der Waals surface area (Å²) in [6.07, 6.45) is -0.129. The van der Waals surface area contributed by atoms with Crippen molar-refractivity contribution in [1.82, 2.24) is 4.90 Å². The van der Waals surface area contributed by atoms with Crippen LogP contribution >= 0.6 is 0 Å². The van der Waals surface area contributed by atoms with Crippen molar-refractivity contribution < 1.29 is 19.4 Å². The third kappa shape index (κ3) is 4.63. The molecule has 25 heavy (non-hydrogen) atoms.